The molecule has 1 heterocycles. The number of ether oxygens (including phenoxy) is 3. The van der Waals surface area contributed by atoms with E-state index in [1.54, 1.807) is 12.1 Å². The number of rotatable bonds is 9. The topological polar surface area (TPSA) is 111 Å². The fraction of sp³-hybridized carbons (Fsp3) is 0.556. The van der Waals surface area contributed by atoms with Crippen molar-refractivity contribution in [2.45, 2.75) is 36.7 Å². The Morgan fingerprint density at radius 2 is 1.89 bits per heavy atom. The molecule has 9 nitrogen and oxygen atoms in total. The van der Waals surface area contributed by atoms with Crippen molar-refractivity contribution in [1.29, 1.82) is 0 Å². The smallest absolute Gasteiger partial charge is 0.324 e. The molecule has 0 bridgehead atoms. The van der Waals surface area contributed by atoms with Crippen LogP contribution < -0.4 is 10.1 Å². The third-order valence-corrected chi connectivity index (χ3v) is 6.16. The van der Waals surface area contributed by atoms with Gasteiger partial charge in [-0.1, -0.05) is 6.92 Å². The average molecular weight is 414 g/mol. The van der Waals surface area contributed by atoms with Gasteiger partial charge in [0.2, 0.25) is 15.9 Å². The Hall–Kier alpha value is -2.17. The molecule has 0 unspecified atom stereocenters. The van der Waals surface area contributed by atoms with Crippen LogP contribution in [0.15, 0.2) is 29.2 Å². The van der Waals surface area contributed by atoms with Crippen molar-refractivity contribution in [2.75, 3.05) is 34.0 Å². The predicted octanol–water partition coefficient (Wildman–Crippen LogP) is 0.543. The largest absolute Gasteiger partial charge is 0.494 e. The van der Waals surface area contributed by atoms with Crippen LogP contribution in [-0.4, -0.2) is 70.7 Å². The van der Waals surface area contributed by atoms with Gasteiger partial charge in [-0.25, -0.2) is 8.42 Å². The van der Waals surface area contributed by atoms with Crippen LogP contribution >= 0.6 is 0 Å². The highest BCUT2D eigenvalue weighted by Gasteiger charge is 2.45. The van der Waals surface area contributed by atoms with Crippen molar-refractivity contribution < 1.29 is 32.2 Å². The van der Waals surface area contributed by atoms with Crippen LogP contribution in [0.3, 0.4) is 0 Å². The van der Waals surface area contributed by atoms with E-state index in [0.29, 0.717) is 12.4 Å². The van der Waals surface area contributed by atoms with E-state index < -0.39 is 28.1 Å². The molecule has 1 aliphatic rings. The van der Waals surface area contributed by atoms with Crippen LogP contribution in [0.25, 0.3) is 0 Å². The number of carbonyl (C=O) groups is 2. The summed E-state index contributed by atoms with van der Waals surface area (Å²) < 4.78 is 42.2. The zero-order chi connectivity index (χ0) is 20.7. The van der Waals surface area contributed by atoms with Crippen molar-refractivity contribution in [1.82, 2.24) is 9.62 Å². The standard InChI is InChI=1S/C18H26N2O7S/c1-4-9-27-14-5-7-15(8-6-14)28(23,24)20-11-13(19-17(21)12-25-2)10-16(20)18(22)26-3/h5-8,13,16H,4,9-12H2,1-3H3,(H,19,21)/t13-,16+/m0/s1. The monoisotopic (exact) mass is 414 g/mol. The van der Waals surface area contributed by atoms with Crippen LogP contribution in [0, 0.1) is 0 Å². The second kappa shape index (κ2) is 9.85. The molecule has 0 saturated carbocycles. The van der Waals surface area contributed by atoms with Crippen LogP contribution in [0.2, 0.25) is 0 Å². The molecule has 1 amide bonds. The molecule has 1 aromatic rings. The molecule has 0 aromatic heterocycles. The van der Waals surface area contributed by atoms with Gasteiger partial charge in [0.05, 0.1) is 18.6 Å². The molecule has 0 aliphatic carbocycles. The van der Waals surface area contributed by atoms with Gasteiger partial charge in [0.25, 0.3) is 0 Å². The summed E-state index contributed by atoms with van der Waals surface area (Å²) in [4.78, 5) is 23.9. The molecule has 1 aromatic carbocycles. The first-order chi connectivity index (χ1) is 13.3. The minimum Gasteiger partial charge on any atom is -0.494 e. The van der Waals surface area contributed by atoms with E-state index in [2.05, 4.69) is 5.32 Å². The summed E-state index contributed by atoms with van der Waals surface area (Å²) in [5.74, 6) is -0.487. The van der Waals surface area contributed by atoms with Gasteiger partial charge in [0.15, 0.2) is 0 Å². The summed E-state index contributed by atoms with van der Waals surface area (Å²) in [6, 6.07) is 4.48. The number of sulfonamides is 1. The van der Waals surface area contributed by atoms with E-state index in [4.69, 9.17) is 14.2 Å². The van der Waals surface area contributed by atoms with E-state index in [1.165, 1.54) is 26.4 Å². The van der Waals surface area contributed by atoms with Crippen molar-refractivity contribution in [3.8, 4) is 5.75 Å². The van der Waals surface area contributed by atoms with Gasteiger partial charge in [-0.3, -0.25) is 9.59 Å². The van der Waals surface area contributed by atoms with Gasteiger partial charge in [0.1, 0.15) is 18.4 Å². The van der Waals surface area contributed by atoms with E-state index in [0.717, 1.165) is 10.7 Å². The van der Waals surface area contributed by atoms with E-state index in [-0.39, 0.29) is 30.4 Å². The van der Waals surface area contributed by atoms with Crippen molar-refractivity contribution >= 4 is 21.9 Å². The SMILES string of the molecule is CCCOc1ccc(S(=O)(=O)N2C[C@@H](NC(=O)COC)C[C@@H]2C(=O)OC)cc1. The van der Waals surface area contributed by atoms with Crippen LogP contribution in [0.1, 0.15) is 19.8 Å². The normalized spacial score (nSPS) is 20.0. The fourth-order valence-electron chi connectivity index (χ4n) is 2.99. The number of methoxy groups -OCH3 is 2. The lowest BCUT2D eigenvalue weighted by Crippen LogP contribution is -2.42. The Morgan fingerprint density at radius 1 is 1.21 bits per heavy atom. The first-order valence-corrected chi connectivity index (χ1v) is 10.4. The van der Waals surface area contributed by atoms with Gasteiger partial charge in [-0.2, -0.15) is 4.31 Å². The average Bonchev–Trinajstić information content (AvgIpc) is 3.10. The van der Waals surface area contributed by atoms with E-state index in [1.807, 2.05) is 6.92 Å². The molecule has 0 radical (unpaired) electrons. The molecule has 10 heteroatoms. The molecule has 1 aliphatic heterocycles. The molecule has 0 spiro atoms. The summed E-state index contributed by atoms with van der Waals surface area (Å²) in [6.45, 7) is 2.32. The van der Waals surface area contributed by atoms with Crippen molar-refractivity contribution in [3.63, 3.8) is 0 Å². The number of amides is 1. The van der Waals surface area contributed by atoms with Gasteiger partial charge in [-0.15, -0.1) is 0 Å². The molecule has 2 atom stereocenters. The summed E-state index contributed by atoms with van der Waals surface area (Å²) in [6.07, 6.45) is 0.962. The lowest BCUT2D eigenvalue weighted by Gasteiger charge is -2.22. The molecule has 156 valence electrons. The maximum absolute atomic E-state index is 13.1. The van der Waals surface area contributed by atoms with Crippen LogP contribution in [-0.2, 0) is 29.1 Å². The highest BCUT2D eigenvalue weighted by atomic mass is 32.2. The van der Waals surface area contributed by atoms with E-state index >= 15 is 0 Å². The highest BCUT2D eigenvalue weighted by Crippen LogP contribution is 2.28. The summed E-state index contributed by atoms with van der Waals surface area (Å²) in [7, 11) is -1.38. The molecular formula is C18H26N2O7S. The maximum atomic E-state index is 13.1. The van der Waals surface area contributed by atoms with Crippen LogP contribution in [0.4, 0.5) is 0 Å². The summed E-state index contributed by atoms with van der Waals surface area (Å²) >= 11 is 0. The molecule has 1 fully saturated rings. The Labute approximate surface area is 165 Å². The van der Waals surface area contributed by atoms with Gasteiger partial charge >= 0.3 is 5.97 Å². The second-order valence-corrected chi connectivity index (χ2v) is 8.26. The number of nitrogens with zero attached hydrogens (tertiary/aromatic N) is 1. The second-order valence-electron chi connectivity index (χ2n) is 6.37. The Kier molecular flexibility index (Phi) is 7.78. The first-order valence-electron chi connectivity index (χ1n) is 8.94. The quantitative estimate of drug-likeness (QED) is 0.587. The van der Waals surface area contributed by atoms with Gasteiger partial charge in [0, 0.05) is 19.7 Å². The van der Waals surface area contributed by atoms with E-state index in [9.17, 15) is 18.0 Å². The molecular weight excluding hydrogens is 388 g/mol. The third-order valence-electron chi connectivity index (χ3n) is 4.27. The lowest BCUT2D eigenvalue weighted by molar-refractivity contribution is -0.144. The predicted molar refractivity (Wildman–Crippen MR) is 100 cm³/mol. The highest BCUT2D eigenvalue weighted by molar-refractivity contribution is 7.89. The van der Waals surface area contributed by atoms with Crippen molar-refractivity contribution in [3.05, 3.63) is 24.3 Å². The minimum absolute atomic E-state index is 0.0361. The van der Waals surface area contributed by atoms with Crippen LogP contribution in [0.5, 0.6) is 5.75 Å². The number of esters is 1. The molecule has 28 heavy (non-hydrogen) atoms. The number of nitrogens with one attached hydrogen (secondary N) is 1. The summed E-state index contributed by atoms with van der Waals surface area (Å²) in [5.41, 5.74) is 0. The molecule has 1 N–H and O–H groups in total. The number of benzene rings is 1. The number of carbonyl (C=O) groups excluding carboxylic acids is 2. The van der Waals surface area contributed by atoms with Crippen molar-refractivity contribution in [2.24, 2.45) is 0 Å². The number of hydrogen-bond donors (Lipinski definition) is 1. The Morgan fingerprint density at radius 3 is 2.46 bits per heavy atom. The Balaban J connectivity index is 2.22. The Bertz CT molecular complexity index is 780. The van der Waals surface area contributed by atoms with Gasteiger partial charge in [-0.05, 0) is 37.1 Å². The summed E-state index contributed by atoms with van der Waals surface area (Å²) in [5, 5.41) is 2.68. The molecule has 1 saturated heterocycles. The zero-order valence-electron chi connectivity index (χ0n) is 16.2. The molecule has 2 rings (SSSR count). The maximum Gasteiger partial charge on any atom is 0.324 e. The number of hydrogen-bond acceptors (Lipinski definition) is 7. The zero-order valence-corrected chi connectivity index (χ0v) is 17.0. The minimum atomic E-state index is -3.97. The third kappa shape index (κ3) is 5.21. The first kappa shape index (κ1) is 22.1. The van der Waals surface area contributed by atoms with Gasteiger partial charge < -0.3 is 19.5 Å². The fourth-order valence-corrected chi connectivity index (χ4v) is 4.62. The lowest BCUT2D eigenvalue weighted by atomic mass is 10.2.